The summed E-state index contributed by atoms with van der Waals surface area (Å²) >= 11 is 5.95. The van der Waals surface area contributed by atoms with Crippen LogP contribution in [0, 0.1) is 6.92 Å². The zero-order chi connectivity index (χ0) is 13.9. The van der Waals surface area contributed by atoms with E-state index in [2.05, 4.69) is 0 Å². The third kappa shape index (κ3) is 3.72. The summed E-state index contributed by atoms with van der Waals surface area (Å²) in [5.74, 6) is -0.0781. The lowest BCUT2D eigenvalue weighted by atomic mass is 10.1. The molecule has 1 rings (SSSR count). The second-order valence-corrected chi connectivity index (χ2v) is 5.27. The number of benzene rings is 1. The number of nitrogens with zero attached hydrogens (tertiary/aromatic N) is 1. The maximum absolute atomic E-state index is 12.4. The Balaban J connectivity index is 2.98. The zero-order valence-corrected chi connectivity index (χ0v) is 12.0. The van der Waals surface area contributed by atoms with Crippen LogP contribution >= 0.6 is 11.6 Å². The first kappa shape index (κ1) is 15.0. The normalized spacial score (nSPS) is 12.6. The molecule has 0 aliphatic rings. The number of halogens is 1. The van der Waals surface area contributed by atoms with Gasteiger partial charge in [-0.05, 0) is 51.5 Å². The SMILES string of the molecule is Cc1cc(C(=O)N(CC(C)O)C(C)C)ccc1Cl. The van der Waals surface area contributed by atoms with Gasteiger partial charge in [-0.1, -0.05) is 11.6 Å². The summed E-state index contributed by atoms with van der Waals surface area (Å²) in [4.78, 5) is 14.0. The van der Waals surface area contributed by atoms with Gasteiger partial charge in [-0.3, -0.25) is 4.79 Å². The van der Waals surface area contributed by atoms with Crippen molar-refractivity contribution in [3.8, 4) is 0 Å². The van der Waals surface area contributed by atoms with E-state index in [0.29, 0.717) is 17.1 Å². The molecule has 0 aliphatic carbocycles. The molecule has 100 valence electrons. The van der Waals surface area contributed by atoms with Gasteiger partial charge in [0.1, 0.15) is 0 Å². The monoisotopic (exact) mass is 269 g/mol. The molecular formula is C14H20ClNO2. The molecule has 1 amide bonds. The van der Waals surface area contributed by atoms with Crippen molar-refractivity contribution in [3.63, 3.8) is 0 Å². The largest absolute Gasteiger partial charge is 0.392 e. The van der Waals surface area contributed by atoms with Crippen molar-refractivity contribution in [2.24, 2.45) is 0 Å². The highest BCUT2D eigenvalue weighted by atomic mass is 35.5. The number of aliphatic hydroxyl groups excluding tert-OH is 1. The van der Waals surface area contributed by atoms with E-state index in [1.807, 2.05) is 20.8 Å². The Morgan fingerprint density at radius 2 is 2.00 bits per heavy atom. The van der Waals surface area contributed by atoms with Crippen LogP contribution in [0.3, 0.4) is 0 Å². The lowest BCUT2D eigenvalue weighted by Crippen LogP contribution is -2.41. The lowest BCUT2D eigenvalue weighted by molar-refractivity contribution is 0.0578. The first-order chi connectivity index (χ1) is 8.32. The first-order valence-corrected chi connectivity index (χ1v) is 6.46. The van der Waals surface area contributed by atoms with E-state index in [4.69, 9.17) is 11.6 Å². The minimum absolute atomic E-state index is 0.0445. The fourth-order valence-corrected chi connectivity index (χ4v) is 1.87. The van der Waals surface area contributed by atoms with Gasteiger partial charge in [-0.25, -0.2) is 0 Å². The van der Waals surface area contributed by atoms with Gasteiger partial charge in [0.25, 0.3) is 5.91 Å². The van der Waals surface area contributed by atoms with E-state index >= 15 is 0 Å². The van der Waals surface area contributed by atoms with Crippen molar-refractivity contribution in [1.82, 2.24) is 4.90 Å². The van der Waals surface area contributed by atoms with E-state index < -0.39 is 6.10 Å². The van der Waals surface area contributed by atoms with Gasteiger partial charge in [0.15, 0.2) is 0 Å². The number of amides is 1. The third-order valence-electron chi connectivity index (χ3n) is 2.75. The summed E-state index contributed by atoms with van der Waals surface area (Å²) in [6.07, 6.45) is -0.537. The minimum Gasteiger partial charge on any atom is -0.392 e. The predicted octanol–water partition coefficient (Wildman–Crippen LogP) is 2.88. The Hall–Kier alpha value is -1.06. The van der Waals surface area contributed by atoms with Crippen molar-refractivity contribution in [2.75, 3.05) is 6.54 Å². The van der Waals surface area contributed by atoms with Crippen LogP contribution in [-0.2, 0) is 0 Å². The number of aliphatic hydroxyl groups is 1. The molecule has 1 N–H and O–H groups in total. The summed E-state index contributed by atoms with van der Waals surface area (Å²) in [7, 11) is 0. The molecular weight excluding hydrogens is 250 g/mol. The topological polar surface area (TPSA) is 40.5 Å². The van der Waals surface area contributed by atoms with E-state index in [-0.39, 0.29) is 11.9 Å². The fourth-order valence-electron chi connectivity index (χ4n) is 1.76. The van der Waals surface area contributed by atoms with Crippen molar-refractivity contribution in [1.29, 1.82) is 0 Å². The summed E-state index contributed by atoms with van der Waals surface area (Å²) in [6.45, 7) is 7.74. The maximum atomic E-state index is 12.4. The van der Waals surface area contributed by atoms with E-state index in [1.165, 1.54) is 0 Å². The molecule has 0 spiro atoms. The van der Waals surface area contributed by atoms with Gasteiger partial charge >= 0.3 is 0 Å². The first-order valence-electron chi connectivity index (χ1n) is 6.08. The number of carbonyl (C=O) groups is 1. The van der Waals surface area contributed by atoms with Gasteiger partial charge < -0.3 is 10.0 Å². The average molecular weight is 270 g/mol. The Bertz CT molecular complexity index is 430. The van der Waals surface area contributed by atoms with Crippen LogP contribution in [0.1, 0.15) is 36.7 Å². The number of hydrogen-bond donors (Lipinski definition) is 1. The van der Waals surface area contributed by atoms with Crippen LogP contribution in [0.15, 0.2) is 18.2 Å². The summed E-state index contributed by atoms with van der Waals surface area (Å²) in [5, 5.41) is 10.1. The fraction of sp³-hybridized carbons (Fsp3) is 0.500. The second-order valence-electron chi connectivity index (χ2n) is 4.86. The molecule has 0 bridgehead atoms. The summed E-state index contributed by atoms with van der Waals surface area (Å²) < 4.78 is 0. The molecule has 0 heterocycles. The van der Waals surface area contributed by atoms with Crippen LogP contribution < -0.4 is 0 Å². The predicted molar refractivity (Wildman–Crippen MR) is 74.0 cm³/mol. The maximum Gasteiger partial charge on any atom is 0.254 e. The number of carbonyl (C=O) groups excluding carboxylic acids is 1. The van der Waals surface area contributed by atoms with Gasteiger partial charge in [0.2, 0.25) is 0 Å². The van der Waals surface area contributed by atoms with Gasteiger partial charge in [0.05, 0.1) is 6.10 Å². The van der Waals surface area contributed by atoms with Gasteiger partial charge in [0, 0.05) is 23.2 Å². The van der Waals surface area contributed by atoms with Gasteiger partial charge in [-0.2, -0.15) is 0 Å². The smallest absolute Gasteiger partial charge is 0.254 e. The molecule has 0 saturated heterocycles. The Kier molecular flexibility index (Phi) is 5.17. The molecule has 0 radical (unpaired) electrons. The quantitative estimate of drug-likeness (QED) is 0.913. The Labute approximate surface area is 113 Å². The lowest BCUT2D eigenvalue weighted by Gasteiger charge is -2.28. The molecule has 1 atom stereocenters. The molecule has 0 saturated carbocycles. The van der Waals surface area contributed by atoms with Crippen molar-refractivity contribution in [2.45, 2.75) is 39.8 Å². The average Bonchev–Trinajstić information content (AvgIpc) is 2.28. The number of rotatable bonds is 4. The molecule has 0 fully saturated rings. The van der Waals surface area contributed by atoms with E-state index in [0.717, 1.165) is 5.56 Å². The van der Waals surface area contributed by atoms with E-state index in [9.17, 15) is 9.90 Å². The number of hydrogen-bond acceptors (Lipinski definition) is 2. The zero-order valence-electron chi connectivity index (χ0n) is 11.3. The second kappa shape index (κ2) is 6.21. The molecule has 1 unspecified atom stereocenters. The Morgan fingerprint density at radius 3 is 2.44 bits per heavy atom. The van der Waals surface area contributed by atoms with E-state index in [1.54, 1.807) is 30.0 Å². The highest BCUT2D eigenvalue weighted by molar-refractivity contribution is 6.31. The molecule has 0 aliphatic heterocycles. The highest BCUT2D eigenvalue weighted by Crippen LogP contribution is 2.18. The molecule has 3 nitrogen and oxygen atoms in total. The van der Waals surface area contributed by atoms with Crippen molar-refractivity contribution in [3.05, 3.63) is 34.3 Å². The van der Waals surface area contributed by atoms with Gasteiger partial charge in [-0.15, -0.1) is 0 Å². The van der Waals surface area contributed by atoms with Crippen molar-refractivity contribution >= 4 is 17.5 Å². The van der Waals surface area contributed by atoms with Crippen LogP contribution in [0.2, 0.25) is 5.02 Å². The van der Waals surface area contributed by atoms with Crippen molar-refractivity contribution < 1.29 is 9.90 Å². The number of aryl methyl sites for hydroxylation is 1. The summed E-state index contributed by atoms with van der Waals surface area (Å²) in [5.41, 5.74) is 1.48. The highest BCUT2D eigenvalue weighted by Gasteiger charge is 2.20. The Morgan fingerprint density at radius 1 is 1.39 bits per heavy atom. The molecule has 1 aromatic carbocycles. The molecule has 4 heteroatoms. The van der Waals surface area contributed by atoms with Crippen LogP contribution in [0.5, 0.6) is 0 Å². The minimum atomic E-state index is -0.537. The molecule has 1 aromatic rings. The summed E-state index contributed by atoms with van der Waals surface area (Å²) in [6, 6.07) is 5.27. The van der Waals surface area contributed by atoms with Crippen LogP contribution in [-0.4, -0.2) is 34.6 Å². The third-order valence-corrected chi connectivity index (χ3v) is 3.17. The standard InChI is InChI=1S/C14H20ClNO2/c1-9(2)16(8-11(4)17)14(18)12-5-6-13(15)10(3)7-12/h5-7,9,11,17H,8H2,1-4H3. The van der Waals surface area contributed by atoms with Crippen LogP contribution in [0.25, 0.3) is 0 Å². The molecule has 0 aromatic heterocycles. The van der Waals surface area contributed by atoms with Crippen LogP contribution in [0.4, 0.5) is 0 Å². The molecule has 18 heavy (non-hydrogen) atoms.